The van der Waals surface area contributed by atoms with Gasteiger partial charge in [-0.2, -0.15) is 0 Å². The molecule has 61 heavy (non-hydrogen) atoms. The summed E-state index contributed by atoms with van der Waals surface area (Å²) >= 11 is 0. The second kappa shape index (κ2) is 15.8. The van der Waals surface area contributed by atoms with E-state index in [2.05, 4.69) is 6.58 Å². The first-order valence-corrected chi connectivity index (χ1v) is 39.1. The summed E-state index contributed by atoms with van der Waals surface area (Å²) in [5.74, 6) is -0.639. The Bertz CT molecular complexity index is 1530. The number of carbonyl (C=O) groups is 1. The van der Waals surface area contributed by atoms with Crippen molar-refractivity contribution in [3.05, 3.63) is 12.2 Å². The number of rotatable bonds is 9. The van der Waals surface area contributed by atoms with Gasteiger partial charge in [0.05, 0.1) is 0 Å². The zero-order valence-corrected chi connectivity index (χ0v) is 44.3. The predicted molar refractivity (Wildman–Crippen MR) is 235 cm³/mol. The monoisotopic (exact) mass is 984 g/mol. The van der Waals surface area contributed by atoms with Gasteiger partial charge in [-0.25, -0.2) is 4.79 Å². The Labute approximate surface area is 371 Å². The van der Waals surface area contributed by atoms with Gasteiger partial charge >= 0.3 is 76.6 Å². The van der Waals surface area contributed by atoms with Crippen LogP contribution in [0.5, 0.6) is 0 Å². The van der Waals surface area contributed by atoms with E-state index < -0.39 is 76.6 Å². The van der Waals surface area contributed by atoms with Crippen molar-refractivity contribution >= 4 is 76.6 Å². The Kier molecular flexibility index (Phi) is 11.1. The van der Waals surface area contributed by atoms with E-state index in [4.69, 9.17) is 53.8 Å². The van der Waals surface area contributed by atoms with Gasteiger partial charge in [0, 0.05) is 44.4 Å². The van der Waals surface area contributed by atoms with Crippen molar-refractivity contribution in [3.63, 3.8) is 0 Å². The Morgan fingerprint density at radius 3 is 0.672 bits per heavy atom. The lowest BCUT2D eigenvalue weighted by molar-refractivity contribution is -0.138. The minimum atomic E-state index is -4.83. The molecule has 0 amide bonds. The molecule has 0 spiro atoms. The Morgan fingerprint density at radius 2 is 0.508 bits per heavy atom. The minimum Gasteiger partial charge on any atom is -0.450 e. The molecule has 6 aliphatic heterocycles. The van der Waals surface area contributed by atoms with Gasteiger partial charge in [-0.05, 0) is 96.8 Å². The van der Waals surface area contributed by atoms with Gasteiger partial charge in [0.15, 0.2) is 0 Å². The maximum Gasteiger partial charge on any atom is 0.729 e. The van der Waals surface area contributed by atoms with E-state index in [9.17, 15) is 4.79 Å². The second-order valence-corrected chi connectivity index (χ2v) is 46.2. The van der Waals surface area contributed by atoms with Crippen LogP contribution in [0.25, 0.3) is 0 Å². The molecule has 0 unspecified atom stereocenters. The fraction of sp³-hybridized carbons (Fsp3) is 0.923. The fourth-order valence-corrected chi connectivity index (χ4v) is 67.9. The van der Waals surface area contributed by atoms with Crippen LogP contribution < -0.4 is 0 Å². The maximum atomic E-state index is 14.4. The van der Waals surface area contributed by atoms with E-state index >= 15 is 0 Å². The third-order valence-electron chi connectivity index (χ3n) is 16.9. The molecule has 7 saturated carbocycles. The van der Waals surface area contributed by atoms with Gasteiger partial charge in [-0.1, -0.05) is 96.5 Å². The highest BCUT2D eigenvalue weighted by Crippen LogP contribution is 2.66. The first kappa shape index (κ1) is 42.8. The van der Waals surface area contributed by atoms with Crippen LogP contribution in [0.4, 0.5) is 0 Å². The van der Waals surface area contributed by atoms with Gasteiger partial charge in [-0.3, -0.25) is 0 Å². The molecule has 13 rings (SSSR count). The SMILES string of the molecule is C=C(C)C(=O)O[Si]12O[Si]3(C4CCCC4)O[Si]4(C5CCCC5)O[Si](C5CCCC5)(O1)O[Si]1(C5CCCC5)O[Si](C5CCCC5)(O2)O[Si](C2CCCC2)(O3)O[Si](C2CCCC2)(O4)O1. The largest absolute Gasteiger partial charge is 0.729 e. The molecule has 13 aliphatic rings. The molecule has 14 nitrogen and oxygen atoms in total. The number of hydrogen-bond acceptors (Lipinski definition) is 14. The van der Waals surface area contributed by atoms with Crippen molar-refractivity contribution in [2.45, 2.75) is 225 Å². The maximum absolute atomic E-state index is 14.4. The molecular formula is C39H68O14Si8. The molecule has 22 heteroatoms. The topological polar surface area (TPSA) is 137 Å². The molecule has 0 aromatic carbocycles. The molecular weight excluding hydrogens is 917 g/mol. The summed E-state index contributed by atoms with van der Waals surface area (Å²) in [6.07, 6.45) is 26.7. The van der Waals surface area contributed by atoms with Crippen molar-refractivity contribution in [2.75, 3.05) is 0 Å². The Hall–Kier alpha value is 0.465. The van der Waals surface area contributed by atoms with Crippen molar-refractivity contribution in [1.29, 1.82) is 0 Å². The first-order valence-electron chi connectivity index (χ1n) is 24.9. The zero-order valence-electron chi connectivity index (χ0n) is 36.3. The van der Waals surface area contributed by atoms with Crippen molar-refractivity contribution in [1.82, 2.24) is 0 Å². The van der Waals surface area contributed by atoms with Crippen LogP contribution in [-0.2, 0) is 58.6 Å². The standard InChI is InChI=1S/C39H68O14Si8/c1-31(2)39(40)41-61-51-58(36-25-11-12-26-36)45-55(33-19-5-6-20-33)42-54(32-17-3-4-18-32)43-56(47-58,34-21-7-8-22-34)49-60(53-61,38-29-15-16-30-38)50-57(44-54,35-23-9-10-24-35)48-59(46-55,52-61)37-27-13-14-28-37/h32-38H,1,3-30H2,2H3. The van der Waals surface area contributed by atoms with Crippen LogP contribution in [0.1, 0.15) is 187 Å². The van der Waals surface area contributed by atoms with Gasteiger partial charge < -0.3 is 53.8 Å². The van der Waals surface area contributed by atoms with Crippen LogP contribution >= 0.6 is 0 Å². The summed E-state index contributed by atoms with van der Waals surface area (Å²) in [6.45, 7) is 5.72. The van der Waals surface area contributed by atoms with Crippen LogP contribution in [0, 0.1) is 0 Å². The van der Waals surface area contributed by atoms with Crippen LogP contribution in [0.15, 0.2) is 12.2 Å². The van der Waals surface area contributed by atoms with E-state index in [1.54, 1.807) is 6.92 Å². The normalized spacial score (nSPS) is 48.0. The number of hydrogen-bond donors (Lipinski definition) is 0. The molecule has 6 saturated heterocycles. The lowest BCUT2D eigenvalue weighted by Gasteiger charge is -2.66. The molecule has 6 heterocycles. The molecule has 0 atom stereocenters. The van der Waals surface area contributed by atoms with E-state index in [1.807, 2.05) is 0 Å². The number of carbonyl (C=O) groups excluding carboxylic acids is 1. The average Bonchev–Trinajstić information content (AvgIpc) is 4.08. The van der Waals surface area contributed by atoms with Crippen LogP contribution in [0.2, 0.25) is 38.8 Å². The summed E-state index contributed by atoms with van der Waals surface area (Å²) in [5, 5.41) is 0. The fourth-order valence-electron chi connectivity index (χ4n) is 13.8. The molecule has 0 aromatic heterocycles. The molecule has 13 fully saturated rings. The highest BCUT2D eigenvalue weighted by molar-refractivity contribution is 7.04. The third-order valence-corrected chi connectivity index (χ3v) is 55.3. The van der Waals surface area contributed by atoms with Gasteiger partial charge in [0.1, 0.15) is 0 Å². The van der Waals surface area contributed by atoms with E-state index in [0.717, 1.165) is 180 Å². The van der Waals surface area contributed by atoms with Gasteiger partial charge in [0.25, 0.3) is 0 Å². The predicted octanol–water partition coefficient (Wildman–Crippen LogP) is 9.99. The molecule has 340 valence electrons. The lowest BCUT2D eigenvalue weighted by Crippen LogP contribution is -2.91. The van der Waals surface area contributed by atoms with Crippen molar-refractivity contribution < 1.29 is 58.6 Å². The van der Waals surface area contributed by atoms with E-state index in [-0.39, 0.29) is 44.4 Å². The van der Waals surface area contributed by atoms with Crippen molar-refractivity contribution in [3.8, 4) is 0 Å². The quantitative estimate of drug-likeness (QED) is 0.160. The molecule has 0 N–H and O–H groups in total. The lowest BCUT2D eigenvalue weighted by atomic mass is 10.4. The average molecular weight is 986 g/mol. The summed E-state index contributed by atoms with van der Waals surface area (Å²) in [5.41, 5.74) is -0.304. The highest BCUT2D eigenvalue weighted by atomic mass is 28.6. The summed E-state index contributed by atoms with van der Waals surface area (Å²) in [4.78, 5) is 14.4. The van der Waals surface area contributed by atoms with Gasteiger partial charge in [-0.15, -0.1) is 0 Å². The summed E-state index contributed by atoms with van der Waals surface area (Å²) in [7, 11) is -33.5. The Morgan fingerprint density at radius 1 is 0.344 bits per heavy atom. The molecule has 0 aromatic rings. The molecule has 7 aliphatic carbocycles. The second-order valence-electron chi connectivity index (χ2n) is 21.0. The van der Waals surface area contributed by atoms with Crippen LogP contribution in [-0.4, -0.2) is 76.6 Å². The van der Waals surface area contributed by atoms with Crippen LogP contribution in [0.3, 0.4) is 0 Å². The minimum absolute atomic E-state index is 0.00880. The smallest absolute Gasteiger partial charge is 0.450 e. The van der Waals surface area contributed by atoms with Crippen molar-refractivity contribution in [2.24, 2.45) is 0 Å². The first-order chi connectivity index (χ1) is 29.5. The third kappa shape index (κ3) is 6.95. The van der Waals surface area contributed by atoms with Gasteiger partial charge in [0.2, 0.25) is 0 Å². The van der Waals surface area contributed by atoms with E-state index in [0.29, 0.717) is 0 Å². The highest BCUT2D eigenvalue weighted by Gasteiger charge is 2.89. The zero-order chi connectivity index (χ0) is 41.2. The Balaban J connectivity index is 1.19. The summed E-state index contributed by atoms with van der Waals surface area (Å²) in [6, 6.07) is 0. The molecule has 8 bridgehead atoms. The molecule has 0 radical (unpaired) electrons. The summed E-state index contributed by atoms with van der Waals surface area (Å²) < 4.78 is 105. The van der Waals surface area contributed by atoms with E-state index in [1.165, 1.54) is 0 Å².